The molecule has 0 unspecified atom stereocenters. The van der Waals surface area contributed by atoms with Crippen LogP contribution in [0, 0.1) is 17.7 Å². The van der Waals surface area contributed by atoms with Crippen molar-refractivity contribution in [2.75, 3.05) is 25.1 Å². The van der Waals surface area contributed by atoms with Crippen LogP contribution in [0.1, 0.15) is 18.4 Å². The molecule has 0 fully saturated rings. The van der Waals surface area contributed by atoms with Gasteiger partial charge in [-0.1, -0.05) is 11.8 Å². The largest absolute Gasteiger partial charge is 0.320 e. The maximum absolute atomic E-state index is 13.8. The molecule has 0 spiro atoms. The number of thioether (sulfide) groups is 1. The molecule has 0 aliphatic rings. The molecule has 0 saturated heterocycles. The summed E-state index contributed by atoms with van der Waals surface area (Å²) in [5.41, 5.74) is 5.35. The van der Waals surface area contributed by atoms with Gasteiger partial charge in [0.15, 0.2) is 0 Å². The van der Waals surface area contributed by atoms with Crippen molar-refractivity contribution >= 4 is 21.8 Å². The summed E-state index contributed by atoms with van der Waals surface area (Å²) >= 11 is 1.72. The van der Waals surface area contributed by atoms with Crippen LogP contribution < -0.4 is 10.5 Å². The Morgan fingerprint density at radius 3 is 2.76 bits per heavy atom. The highest BCUT2D eigenvalue weighted by atomic mass is 32.2. The third-order valence-electron chi connectivity index (χ3n) is 2.64. The molecule has 0 radical (unpaired) electrons. The van der Waals surface area contributed by atoms with Crippen molar-refractivity contribution in [2.45, 2.75) is 17.7 Å². The highest BCUT2D eigenvalue weighted by Crippen LogP contribution is 2.14. The van der Waals surface area contributed by atoms with E-state index in [0.29, 0.717) is 6.54 Å². The summed E-state index contributed by atoms with van der Waals surface area (Å²) in [6.07, 6.45) is 3.69. The fraction of sp³-hybridized carbons (Fsp3) is 0.429. The van der Waals surface area contributed by atoms with Crippen molar-refractivity contribution < 1.29 is 12.8 Å². The van der Waals surface area contributed by atoms with Crippen LogP contribution in [0.4, 0.5) is 4.39 Å². The maximum atomic E-state index is 13.8. The Morgan fingerprint density at radius 2 is 2.14 bits per heavy atom. The predicted molar refractivity (Wildman–Crippen MR) is 85.1 cm³/mol. The molecule has 3 N–H and O–H groups in total. The van der Waals surface area contributed by atoms with E-state index < -0.39 is 15.8 Å². The van der Waals surface area contributed by atoms with Crippen LogP contribution in [0.5, 0.6) is 0 Å². The van der Waals surface area contributed by atoms with Crippen LogP contribution in [0.25, 0.3) is 0 Å². The number of benzene rings is 1. The van der Waals surface area contributed by atoms with Gasteiger partial charge in [-0.2, -0.15) is 11.8 Å². The first-order valence-electron chi connectivity index (χ1n) is 6.48. The molecule has 7 heteroatoms. The van der Waals surface area contributed by atoms with Gasteiger partial charge in [0.1, 0.15) is 5.82 Å². The average Bonchev–Trinajstić information content (AvgIpc) is 2.45. The van der Waals surface area contributed by atoms with Gasteiger partial charge in [0.2, 0.25) is 10.0 Å². The summed E-state index contributed by atoms with van der Waals surface area (Å²) in [4.78, 5) is -0.0943. The lowest BCUT2D eigenvalue weighted by Crippen LogP contribution is -2.25. The molecule has 1 rings (SSSR count). The van der Waals surface area contributed by atoms with Gasteiger partial charge in [0.05, 0.1) is 17.0 Å². The van der Waals surface area contributed by atoms with Crippen LogP contribution in [0.2, 0.25) is 0 Å². The van der Waals surface area contributed by atoms with E-state index in [1.165, 1.54) is 12.1 Å². The highest BCUT2D eigenvalue weighted by Gasteiger charge is 2.15. The number of hydrogen-bond donors (Lipinski definition) is 2. The lowest BCUT2D eigenvalue weighted by molar-refractivity contribution is 0.574. The Bertz CT molecular complexity index is 622. The zero-order chi connectivity index (χ0) is 15.7. The van der Waals surface area contributed by atoms with Gasteiger partial charge in [-0.05, 0) is 43.0 Å². The van der Waals surface area contributed by atoms with E-state index in [1.54, 1.807) is 11.8 Å². The Kier molecular flexibility index (Phi) is 7.75. The number of rotatable bonds is 7. The third-order valence-corrected chi connectivity index (χ3v) is 4.80. The van der Waals surface area contributed by atoms with E-state index in [2.05, 4.69) is 16.6 Å². The molecule has 0 atom stereocenters. The van der Waals surface area contributed by atoms with Gasteiger partial charge in [-0.3, -0.25) is 0 Å². The summed E-state index contributed by atoms with van der Waals surface area (Å²) in [5, 5.41) is 0. The molecule has 4 nitrogen and oxygen atoms in total. The Labute approximate surface area is 129 Å². The second-order valence-corrected chi connectivity index (χ2v) is 7.00. The van der Waals surface area contributed by atoms with Gasteiger partial charge in [0, 0.05) is 6.54 Å². The van der Waals surface area contributed by atoms with Gasteiger partial charge >= 0.3 is 0 Å². The Hall–Kier alpha value is -1.07. The van der Waals surface area contributed by atoms with Crippen molar-refractivity contribution in [3.05, 3.63) is 29.6 Å². The summed E-state index contributed by atoms with van der Waals surface area (Å²) < 4.78 is 40.2. The molecule has 0 aliphatic carbocycles. The quantitative estimate of drug-likeness (QED) is 0.588. The van der Waals surface area contributed by atoms with E-state index >= 15 is 0 Å². The first-order chi connectivity index (χ1) is 10.0. The molecule has 0 saturated carbocycles. The number of nitrogens with two attached hydrogens (primary N) is 1. The van der Waals surface area contributed by atoms with Gasteiger partial charge in [0.25, 0.3) is 0 Å². The smallest absolute Gasteiger partial charge is 0.240 e. The molecule has 0 heterocycles. The van der Waals surface area contributed by atoms with Crippen LogP contribution in [0.15, 0.2) is 23.1 Å². The normalized spacial score (nSPS) is 11.0. The summed E-state index contributed by atoms with van der Waals surface area (Å²) in [7, 11) is -3.68. The van der Waals surface area contributed by atoms with E-state index in [4.69, 9.17) is 5.73 Å². The SMILES string of the molecule is CSCCCCNS(=O)(=O)c1ccc(C#CCN)c(F)c1. The van der Waals surface area contributed by atoms with Crippen molar-refractivity contribution in [3.8, 4) is 11.8 Å². The molecule has 0 bridgehead atoms. The van der Waals surface area contributed by atoms with Crippen molar-refractivity contribution in [1.82, 2.24) is 4.72 Å². The predicted octanol–water partition coefficient (Wildman–Crippen LogP) is 1.56. The average molecular weight is 330 g/mol. The van der Waals surface area contributed by atoms with E-state index in [1.807, 2.05) is 6.26 Å². The summed E-state index contributed by atoms with van der Waals surface area (Å²) in [6.45, 7) is 0.469. The second kappa shape index (κ2) is 9.05. The highest BCUT2D eigenvalue weighted by molar-refractivity contribution is 7.98. The molecular weight excluding hydrogens is 311 g/mol. The minimum Gasteiger partial charge on any atom is -0.320 e. The fourth-order valence-corrected chi connectivity index (χ4v) is 3.15. The number of unbranched alkanes of at least 4 members (excludes halogenated alkanes) is 1. The molecule has 21 heavy (non-hydrogen) atoms. The Morgan fingerprint density at radius 1 is 1.38 bits per heavy atom. The molecule has 0 aliphatic heterocycles. The lowest BCUT2D eigenvalue weighted by Gasteiger charge is -2.07. The van der Waals surface area contributed by atoms with E-state index in [0.717, 1.165) is 24.7 Å². The summed E-state index contributed by atoms with van der Waals surface area (Å²) in [6, 6.07) is 3.67. The molecule has 0 aromatic heterocycles. The Balaban J connectivity index is 2.73. The molecule has 116 valence electrons. The van der Waals surface area contributed by atoms with Crippen molar-refractivity contribution in [2.24, 2.45) is 5.73 Å². The topological polar surface area (TPSA) is 72.2 Å². The first kappa shape index (κ1) is 18.0. The standard InChI is InChI=1S/C14H19FN2O2S2/c1-20-10-3-2-9-17-21(18,19)13-7-6-12(5-4-8-16)14(15)11-13/h6-7,11,17H,2-3,8-10,16H2,1H3. The molecule has 0 amide bonds. The first-order valence-corrected chi connectivity index (χ1v) is 9.36. The number of sulfonamides is 1. The zero-order valence-electron chi connectivity index (χ0n) is 11.9. The second-order valence-electron chi connectivity index (χ2n) is 4.25. The number of hydrogen-bond acceptors (Lipinski definition) is 4. The maximum Gasteiger partial charge on any atom is 0.240 e. The van der Waals surface area contributed by atoms with Gasteiger partial charge in [-0.15, -0.1) is 0 Å². The fourth-order valence-electron chi connectivity index (χ4n) is 1.57. The minimum absolute atomic E-state index is 0.0943. The molecular formula is C14H19FN2O2S2. The minimum atomic E-state index is -3.68. The van der Waals surface area contributed by atoms with Crippen LogP contribution in [0.3, 0.4) is 0 Å². The van der Waals surface area contributed by atoms with Gasteiger partial charge < -0.3 is 5.73 Å². The van der Waals surface area contributed by atoms with E-state index in [-0.39, 0.29) is 17.0 Å². The lowest BCUT2D eigenvalue weighted by atomic mass is 10.2. The number of halogens is 1. The zero-order valence-corrected chi connectivity index (χ0v) is 13.5. The van der Waals surface area contributed by atoms with Crippen LogP contribution in [-0.2, 0) is 10.0 Å². The third kappa shape index (κ3) is 6.06. The van der Waals surface area contributed by atoms with Gasteiger partial charge in [-0.25, -0.2) is 17.5 Å². The van der Waals surface area contributed by atoms with Crippen LogP contribution in [-0.4, -0.2) is 33.5 Å². The van der Waals surface area contributed by atoms with Crippen LogP contribution >= 0.6 is 11.8 Å². The van der Waals surface area contributed by atoms with Crippen molar-refractivity contribution in [1.29, 1.82) is 0 Å². The molecule has 1 aromatic rings. The van der Waals surface area contributed by atoms with E-state index in [9.17, 15) is 12.8 Å². The van der Waals surface area contributed by atoms with Crippen molar-refractivity contribution in [3.63, 3.8) is 0 Å². The summed E-state index contributed by atoms with van der Waals surface area (Å²) in [5.74, 6) is 5.40. The molecule has 1 aromatic carbocycles. The monoisotopic (exact) mass is 330 g/mol. The number of nitrogens with one attached hydrogen (secondary N) is 1.